The van der Waals surface area contributed by atoms with E-state index in [9.17, 15) is 18.0 Å². The molecule has 0 saturated heterocycles. The molecule has 7 nitrogen and oxygen atoms in total. The first-order valence-corrected chi connectivity index (χ1v) is 8.78. The summed E-state index contributed by atoms with van der Waals surface area (Å²) in [5, 5.41) is 11.4. The summed E-state index contributed by atoms with van der Waals surface area (Å²) < 4.78 is 45.7. The molecule has 0 aliphatic carbocycles. The van der Waals surface area contributed by atoms with Crippen LogP contribution in [0.1, 0.15) is 28.6 Å². The lowest BCUT2D eigenvalue weighted by atomic mass is 9.99. The normalized spacial score (nSPS) is 16.8. The Bertz CT molecular complexity index is 1020. The molecule has 28 heavy (non-hydrogen) atoms. The van der Waals surface area contributed by atoms with Crippen molar-refractivity contribution < 1.29 is 22.7 Å². The number of aryl methyl sites for hydroxylation is 1. The summed E-state index contributed by atoms with van der Waals surface area (Å²) in [6, 6.07) is 7.09. The van der Waals surface area contributed by atoms with Gasteiger partial charge in [-0.05, 0) is 24.6 Å². The molecule has 2 aromatic heterocycles. The van der Waals surface area contributed by atoms with Crippen LogP contribution < -0.4 is 10.1 Å². The highest BCUT2D eigenvalue weighted by atomic mass is 19.4. The van der Waals surface area contributed by atoms with Crippen LogP contribution in [-0.4, -0.2) is 38.9 Å². The maximum Gasteiger partial charge on any atom is 0.393 e. The third-order valence-electron chi connectivity index (χ3n) is 4.97. The first-order chi connectivity index (χ1) is 13.3. The van der Waals surface area contributed by atoms with Gasteiger partial charge in [-0.3, -0.25) is 4.79 Å². The number of halogens is 3. The van der Waals surface area contributed by atoms with E-state index in [1.54, 1.807) is 25.3 Å². The van der Waals surface area contributed by atoms with Crippen LogP contribution in [0.2, 0.25) is 0 Å². The number of nitrogens with zero attached hydrogens (tertiary/aromatic N) is 3. The van der Waals surface area contributed by atoms with Gasteiger partial charge in [0.25, 0.3) is 5.91 Å². The number of rotatable bonds is 4. The molecule has 0 radical (unpaired) electrons. The Kier molecular flexibility index (Phi) is 4.48. The van der Waals surface area contributed by atoms with Crippen LogP contribution in [0, 0.1) is 5.92 Å². The van der Waals surface area contributed by atoms with Crippen LogP contribution in [0.15, 0.2) is 24.3 Å². The van der Waals surface area contributed by atoms with E-state index in [1.807, 2.05) is 6.07 Å². The lowest BCUT2D eigenvalue weighted by molar-refractivity contribution is -0.182. The Balaban J connectivity index is 1.47. The first-order valence-electron chi connectivity index (χ1n) is 8.78. The molecule has 1 aliphatic rings. The highest BCUT2D eigenvalue weighted by Gasteiger charge is 2.42. The zero-order chi connectivity index (χ0) is 19.9. The molecule has 0 saturated carbocycles. The Hall–Kier alpha value is -3.04. The van der Waals surface area contributed by atoms with Crippen LogP contribution in [0.25, 0.3) is 10.9 Å². The summed E-state index contributed by atoms with van der Waals surface area (Å²) >= 11 is 0. The highest BCUT2D eigenvalue weighted by molar-refractivity contribution is 5.98. The fourth-order valence-corrected chi connectivity index (χ4v) is 3.39. The van der Waals surface area contributed by atoms with E-state index in [0.717, 1.165) is 10.9 Å². The van der Waals surface area contributed by atoms with Gasteiger partial charge in [-0.15, -0.1) is 10.2 Å². The number of ether oxygens (including phenoxy) is 1. The largest absolute Gasteiger partial charge is 0.497 e. The van der Waals surface area contributed by atoms with Crippen molar-refractivity contribution in [1.29, 1.82) is 0 Å². The molecular weight excluding hydrogens is 375 g/mol. The molecule has 0 fully saturated rings. The van der Waals surface area contributed by atoms with Crippen molar-refractivity contribution in [2.75, 3.05) is 7.11 Å². The lowest BCUT2D eigenvalue weighted by Crippen LogP contribution is -2.34. The van der Waals surface area contributed by atoms with E-state index < -0.39 is 12.1 Å². The van der Waals surface area contributed by atoms with Crippen molar-refractivity contribution in [1.82, 2.24) is 25.1 Å². The summed E-state index contributed by atoms with van der Waals surface area (Å²) in [6.07, 6.45) is -4.03. The Labute approximate surface area is 157 Å². The molecule has 1 unspecified atom stereocenters. The van der Waals surface area contributed by atoms with Gasteiger partial charge in [0.05, 0.1) is 19.6 Å². The standard InChI is InChI=1S/C18H18F3N5O2/c1-28-12-4-2-10-6-14(23-13(10)7-12)17(27)22-8-16-25-24-15-5-3-11(9-26(15)16)18(19,20)21/h2,4,6-7,11,23H,3,5,8-9H2,1H3,(H,22,27). The zero-order valence-corrected chi connectivity index (χ0v) is 15.0. The number of hydrogen-bond acceptors (Lipinski definition) is 4. The molecule has 0 bridgehead atoms. The number of fused-ring (bicyclic) bond motifs is 2. The quantitative estimate of drug-likeness (QED) is 0.714. The number of amides is 1. The van der Waals surface area contributed by atoms with E-state index >= 15 is 0 Å². The number of hydrogen-bond donors (Lipinski definition) is 2. The number of carbonyl (C=O) groups excluding carboxylic acids is 1. The zero-order valence-electron chi connectivity index (χ0n) is 15.0. The van der Waals surface area contributed by atoms with Gasteiger partial charge in [0, 0.05) is 29.9 Å². The van der Waals surface area contributed by atoms with Crippen molar-refractivity contribution in [2.45, 2.75) is 32.1 Å². The van der Waals surface area contributed by atoms with Crippen LogP contribution in [-0.2, 0) is 19.5 Å². The number of carbonyl (C=O) groups is 1. The van der Waals surface area contributed by atoms with Crippen molar-refractivity contribution in [2.24, 2.45) is 5.92 Å². The summed E-state index contributed by atoms with van der Waals surface area (Å²) in [4.78, 5) is 15.5. The Morgan fingerprint density at radius 3 is 2.93 bits per heavy atom. The Morgan fingerprint density at radius 2 is 2.18 bits per heavy atom. The minimum Gasteiger partial charge on any atom is -0.497 e. The second-order valence-corrected chi connectivity index (χ2v) is 6.74. The van der Waals surface area contributed by atoms with Gasteiger partial charge in [-0.1, -0.05) is 0 Å². The SMILES string of the molecule is COc1ccc2cc(C(=O)NCc3nnc4n3CC(C(F)(F)F)CC4)[nH]c2c1. The van der Waals surface area contributed by atoms with E-state index in [1.165, 1.54) is 4.57 Å². The molecule has 1 aliphatic heterocycles. The fraction of sp³-hybridized carbons (Fsp3) is 0.389. The van der Waals surface area contributed by atoms with Gasteiger partial charge in [0.1, 0.15) is 17.3 Å². The van der Waals surface area contributed by atoms with E-state index in [0.29, 0.717) is 23.1 Å². The summed E-state index contributed by atoms with van der Waals surface area (Å²) in [5.74, 6) is -0.307. The second-order valence-electron chi connectivity index (χ2n) is 6.74. The van der Waals surface area contributed by atoms with Crippen molar-refractivity contribution in [3.8, 4) is 5.75 Å². The molecule has 0 spiro atoms. The average Bonchev–Trinajstić information content (AvgIpc) is 3.28. The molecular formula is C18H18F3N5O2. The minimum atomic E-state index is -4.26. The number of methoxy groups -OCH3 is 1. The highest BCUT2D eigenvalue weighted by Crippen LogP contribution is 2.34. The molecule has 10 heteroatoms. The summed E-state index contributed by atoms with van der Waals surface area (Å²) in [6.45, 7) is -0.224. The number of H-pyrrole nitrogens is 1. The molecule has 4 rings (SSSR count). The van der Waals surface area contributed by atoms with Crippen LogP contribution in [0.3, 0.4) is 0 Å². The van der Waals surface area contributed by atoms with Crippen molar-refractivity contribution >= 4 is 16.8 Å². The molecule has 1 atom stereocenters. The smallest absolute Gasteiger partial charge is 0.393 e. The van der Waals surface area contributed by atoms with Crippen LogP contribution >= 0.6 is 0 Å². The van der Waals surface area contributed by atoms with Crippen molar-refractivity contribution in [3.63, 3.8) is 0 Å². The van der Waals surface area contributed by atoms with Crippen LogP contribution in [0.5, 0.6) is 5.75 Å². The fourth-order valence-electron chi connectivity index (χ4n) is 3.39. The number of aromatic amines is 1. The van der Waals surface area contributed by atoms with Crippen molar-refractivity contribution in [3.05, 3.63) is 41.6 Å². The third kappa shape index (κ3) is 3.41. The molecule has 1 amide bonds. The predicted molar refractivity (Wildman–Crippen MR) is 93.9 cm³/mol. The van der Waals surface area contributed by atoms with E-state index in [2.05, 4.69) is 20.5 Å². The number of alkyl halides is 3. The van der Waals surface area contributed by atoms with E-state index in [-0.39, 0.29) is 31.8 Å². The molecule has 3 aromatic rings. The topological polar surface area (TPSA) is 84.8 Å². The molecule has 2 N–H and O–H groups in total. The lowest BCUT2D eigenvalue weighted by Gasteiger charge is -2.26. The monoisotopic (exact) mass is 393 g/mol. The summed E-state index contributed by atoms with van der Waals surface area (Å²) in [7, 11) is 1.56. The predicted octanol–water partition coefficient (Wildman–Crippen LogP) is 2.82. The second kappa shape index (κ2) is 6.84. The third-order valence-corrected chi connectivity index (χ3v) is 4.97. The number of nitrogens with one attached hydrogen (secondary N) is 2. The van der Waals surface area contributed by atoms with Gasteiger partial charge in [-0.25, -0.2) is 0 Å². The maximum absolute atomic E-state index is 13.0. The first kappa shape index (κ1) is 18.3. The van der Waals surface area contributed by atoms with Gasteiger partial charge in [-0.2, -0.15) is 13.2 Å². The van der Waals surface area contributed by atoms with Gasteiger partial charge >= 0.3 is 6.18 Å². The van der Waals surface area contributed by atoms with E-state index in [4.69, 9.17) is 4.74 Å². The number of aromatic nitrogens is 4. The van der Waals surface area contributed by atoms with Gasteiger partial charge in [0.15, 0.2) is 5.82 Å². The van der Waals surface area contributed by atoms with Crippen LogP contribution in [0.4, 0.5) is 13.2 Å². The molecule has 3 heterocycles. The summed E-state index contributed by atoms with van der Waals surface area (Å²) in [5.41, 5.74) is 1.09. The maximum atomic E-state index is 13.0. The Morgan fingerprint density at radius 1 is 1.36 bits per heavy atom. The average molecular weight is 393 g/mol. The molecule has 148 valence electrons. The number of benzene rings is 1. The minimum absolute atomic E-state index is 0.00486. The van der Waals surface area contributed by atoms with Gasteiger partial charge in [0.2, 0.25) is 0 Å². The van der Waals surface area contributed by atoms with Gasteiger partial charge < -0.3 is 19.6 Å². The molecule has 1 aromatic carbocycles.